The fraction of sp³-hybridized carbons (Fsp3) is 0.250. The molecule has 2 rings (SSSR count). The maximum absolute atomic E-state index is 9.09. The van der Waals surface area contributed by atoms with Crippen LogP contribution in [0.1, 0.15) is 17.2 Å². The van der Waals surface area contributed by atoms with Gasteiger partial charge in [-0.3, -0.25) is 0 Å². The van der Waals surface area contributed by atoms with Crippen LogP contribution in [0, 0.1) is 25.2 Å². The molecule has 1 aromatic heterocycles. The van der Waals surface area contributed by atoms with E-state index >= 15 is 0 Å². The molecule has 1 aromatic carbocycles. The molecule has 0 aliphatic carbocycles. The second-order valence-electron chi connectivity index (χ2n) is 3.61. The molecule has 0 aliphatic rings. The summed E-state index contributed by atoms with van der Waals surface area (Å²) in [6.07, 6.45) is 0. The minimum atomic E-state index is 0.541. The third kappa shape index (κ3) is 1.97. The van der Waals surface area contributed by atoms with Gasteiger partial charge in [0, 0.05) is 6.07 Å². The summed E-state index contributed by atoms with van der Waals surface area (Å²) in [5.74, 6) is 2.10. The van der Waals surface area contributed by atoms with Crippen LogP contribution >= 0.6 is 0 Å². The predicted octanol–water partition coefficient (Wildman–Crippen LogP) is 1.76. The van der Waals surface area contributed by atoms with Crippen LogP contribution in [0.5, 0.6) is 5.75 Å². The molecule has 0 radical (unpaired) electrons. The number of methoxy groups -OCH3 is 1. The quantitative estimate of drug-likeness (QED) is 0.785. The Morgan fingerprint density at radius 3 is 2.65 bits per heavy atom. The molecule has 2 aromatic rings. The van der Waals surface area contributed by atoms with Crippen molar-refractivity contribution in [1.29, 1.82) is 5.26 Å². The van der Waals surface area contributed by atoms with E-state index in [0.717, 1.165) is 5.82 Å². The van der Waals surface area contributed by atoms with Crippen molar-refractivity contribution in [1.82, 2.24) is 14.8 Å². The monoisotopic (exact) mass is 228 g/mol. The molecule has 17 heavy (non-hydrogen) atoms. The van der Waals surface area contributed by atoms with Crippen molar-refractivity contribution in [2.75, 3.05) is 7.11 Å². The van der Waals surface area contributed by atoms with Gasteiger partial charge in [0.25, 0.3) is 0 Å². The van der Waals surface area contributed by atoms with E-state index in [-0.39, 0.29) is 0 Å². The summed E-state index contributed by atoms with van der Waals surface area (Å²) in [6, 6.07) is 7.38. The van der Waals surface area contributed by atoms with E-state index in [4.69, 9.17) is 10.00 Å². The number of ether oxygens (including phenoxy) is 1. The number of aryl methyl sites for hydroxylation is 2. The smallest absolute Gasteiger partial charge is 0.148 e. The van der Waals surface area contributed by atoms with Crippen molar-refractivity contribution >= 4 is 0 Å². The standard InChI is InChI=1S/C12H12N4O/c1-8-14-9(2)16(15-8)12-6-11(17-3)5-4-10(12)7-13/h4-6H,1-3H3. The van der Waals surface area contributed by atoms with Crippen LogP contribution in [-0.2, 0) is 0 Å². The van der Waals surface area contributed by atoms with Crippen molar-refractivity contribution < 1.29 is 4.74 Å². The first-order valence-electron chi connectivity index (χ1n) is 5.14. The minimum absolute atomic E-state index is 0.541. The highest BCUT2D eigenvalue weighted by molar-refractivity contribution is 5.52. The van der Waals surface area contributed by atoms with Crippen LogP contribution < -0.4 is 4.74 Å². The van der Waals surface area contributed by atoms with E-state index in [1.54, 1.807) is 30.0 Å². The molecule has 0 unspecified atom stereocenters. The lowest BCUT2D eigenvalue weighted by Crippen LogP contribution is -2.02. The second-order valence-corrected chi connectivity index (χ2v) is 3.61. The van der Waals surface area contributed by atoms with Gasteiger partial charge in [-0.1, -0.05) is 0 Å². The first-order valence-corrected chi connectivity index (χ1v) is 5.14. The highest BCUT2D eigenvalue weighted by Gasteiger charge is 2.11. The van der Waals surface area contributed by atoms with Gasteiger partial charge in [0.15, 0.2) is 0 Å². The third-order valence-corrected chi connectivity index (χ3v) is 2.43. The van der Waals surface area contributed by atoms with Gasteiger partial charge in [0.05, 0.1) is 18.4 Å². The zero-order chi connectivity index (χ0) is 12.4. The van der Waals surface area contributed by atoms with Crippen molar-refractivity contribution in [3.8, 4) is 17.5 Å². The molecule has 0 atom stereocenters. The molecule has 5 heteroatoms. The molecule has 0 N–H and O–H groups in total. The van der Waals surface area contributed by atoms with Crippen molar-refractivity contribution in [2.45, 2.75) is 13.8 Å². The largest absolute Gasteiger partial charge is 0.497 e. The molecule has 86 valence electrons. The molecule has 0 saturated heterocycles. The molecular weight excluding hydrogens is 216 g/mol. The first kappa shape index (κ1) is 11.1. The van der Waals surface area contributed by atoms with Gasteiger partial charge in [-0.2, -0.15) is 10.4 Å². The van der Waals surface area contributed by atoms with Crippen LogP contribution in [0.2, 0.25) is 0 Å². The summed E-state index contributed by atoms with van der Waals surface area (Å²) in [5, 5.41) is 13.4. The summed E-state index contributed by atoms with van der Waals surface area (Å²) in [6.45, 7) is 3.66. The molecule has 0 amide bonds. The summed E-state index contributed by atoms with van der Waals surface area (Å²) < 4.78 is 6.80. The van der Waals surface area contributed by atoms with E-state index in [0.29, 0.717) is 22.8 Å². The van der Waals surface area contributed by atoms with Crippen molar-refractivity contribution in [2.24, 2.45) is 0 Å². The molecular formula is C12H12N4O. The van der Waals surface area contributed by atoms with Crippen LogP contribution in [0.25, 0.3) is 5.69 Å². The van der Waals surface area contributed by atoms with Gasteiger partial charge >= 0.3 is 0 Å². The molecule has 0 bridgehead atoms. The average molecular weight is 228 g/mol. The summed E-state index contributed by atoms with van der Waals surface area (Å²) in [5.41, 5.74) is 1.23. The first-order chi connectivity index (χ1) is 8.15. The van der Waals surface area contributed by atoms with Gasteiger partial charge < -0.3 is 4.74 Å². The number of nitriles is 1. The third-order valence-electron chi connectivity index (χ3n) is 2.43. The highest BCUT2D eigenvalue weighted by atomic mass is 16.5. The number of nitrogens with zero attached hydrogens (tertiary/aromatic N) is 4. The van der Waals surface area contributed by atoms with E-state index in [1.807, 2.05) is 13.8 Å². The lowest BCUT2D eigenvalue weighted by atomic mass is 10.2. The summed E-state index contributed by atoms with van der Waals surface area (Å²) in [4.78, 5) is 4.22. The molecule has 5 nitrogen and oxygen atoms in total. The van der Waals surface area contributed by atoms with E-state index in [1.165, 1.54) is 0 Å². The summed E-state index contributed by atoms with van der Waals surface area (Å²) >= 11 is 0. The zero-order valence-corrected chi connectivity index (χ0v) is 9.93. The number of hydrogen-bond donors (Lipinski definition) is 0. The SMILES string of the molecule is COc1ccc(C#N)c(-n2nc(C)nc2C)c1. The Labute approximate surface area is 99.3 Å². The topological polar surface area (TPSA) is 63.7 Å². The Morgan fingerprint density at radius 2 is 2.12 bits per heavy atom. The van der Waals surface area contributed by atoms with Crippen LogP contribution in [0.4, 0.5) is 0 Å². The van der Waals surface area contributed by atoms with Crippen LogP contribution in [0.15, 0.2) is 18.2 Å². The minimum Gasteiger partial charge on any atom is -0.497 e. The number of hydrogen-bond acceptors (Lipinski definition) is 4. The molecule has 1 heterocycles. The Morgan fingerprint density at radius 1 is 1.35 bits per heavy atom. The van der Waals surface area contributed by atoms with Gasteiger partial charge in [-0.15, -0.1) is 0 Å². The van der Waals surface area contributed by atoms with E-state index in [2.05, 4.69) is 16.2 Å². The maximum atomic E-state index is 9.09. The van der Waals surface area contributed by atoms with Gasteiger partial charge in [-0.25, -0.2) is 9.67 Å². The van der Waals surface area contributed by atoms with Gasteiger partial charge in [0.1, 0.15) is 23.5 Å². The van der Waals surface area contributed by atoms with E-state index in [9.17, 15) is 0 Å². The Hall–Kier alpha value is -2.35. The fourth-order valence-electron chi connectivity index (χ4n) is 1.66. The Balaban J connectivity index is 2.65. The molecule has 0 saturated carbocycles. The maximum Gasteiger partial charge on any atom is 0.148 e. The van der Waals surface area contributed by atoms with Crippen molar-refractivity contribution in [3.05, 3.63) is 35.4 Å². The summed E-state index contributed by atoms with van der Waals surface area (Å²) in [7, 11) is 1.59. The van der Waals surface area contributed by atoms with Crippen LogP contribution in [0.3, 0.4) is 0 Å². The van der Waals surface area contributed by atoms with E-state index < -0.39 is 0 Å². The normalized spacial score (nSPS) is 10.0. The molecule has 0 fully saturated rings. The Bertz CT molecular complexity index is 595. The lowest BCUT2D eigenvalue weighted by molar-refractivity contribution is 0.414. The molecule has 0 aliphatic heterocycles. The number of benzene rings is 1. The molecule has 0 spiro atoms. The number of aromatic nitrogens is 3. The van der Waals surface area contributed by atoms with Crippen molar-refractivity contribution in [3.63, 3.8) is 0 Å². The Kier molecular flexibility index (Phi) is 2.79. The zero-order valence-electron chi connectivity index (χ0n) is 9.93. The van der Waals surface area contributed by atoms with Crippen LogP contribution in [-0.4, -0.2) is 21.9 Å². The second kappa shape index (κ2) is 4.26. The van der Waals surface area contributed by atoms with Gasteiger partial charge in [0.2, 0.25) is 0 Å². The predicted molar refractivity (Wildman–Crippen MR) is 62.1 cm³/mol. The number of rotatable bonds is 2. The fourth-order valence-corrected chi connectivity index (χ4v) is 1.66. The van der Waals surface area contributed by atoms with Gasteiger partial charge in [-0.05, 0) is 26.0 Å². The highest BCUT2D eigenvalue weighted by Crippen LogP contribution is 2.21. The average Bonchev–Trinajstić information content (AvgIpc) is 2.67. The lowest BCUT2D eigenvalue weighted by Gasteiger charge is -2.07.